The van der Waals surface area contributed by atoms with Gasteiger partial charge in [0.2, 0.25) is 0 Å². The fourth-order valence-electron chi connectivity index (χ4n) is 2.06. The Morgan fingerprint density at radius 3 is 2.41 bits per heavy atom. The zero-order valence-electron chi connectivity index (χ0n) is 13.4. The largest absolute Gasteiger partial charge is 0.490 e. The van der Waals surface area contributed by atoms with Crippen molar-refractivity contribution in [2.24, 2.45) is 0 Å². The standard InChI is InChI=1S/C16H25F2NO3/c1-4-16(20,5-2)11-19-10-12-7-8-13(22-15(17)18)14(9-12)21-6-3/h7-9,15,19-20H,4-6,10-11H2,1-3H3. The maximum absolute atomic E-state index is 12.3. The number of aliphatic hydroxyl groups is 1. The van der Waals surface area contributed by atoms with Crippen LogP contribution in [0.5, 0.6) is 11.5 Å². The van der Waals surface area contributed by atoms with Gasteiger partial charge in [0.25, 0.3) is 0 Å². The molecule has 0 aliphatic rings. The van der Waals surface area contributed by atoms with Gasteiger partial charge < -0.3 is 19.9 Å². The van der Waals surface area contributed by atoms with Crippen LogP contribution in [-0.2, 0) is 6.54 Å². The number of halogens is 2. The molecule has 0 unspecified atom stereocenters. The summed E-state index contributed by atoms with van der Waals surface area (Å²) >= 11 is 0. The number of benzene rings is 1. The predicted octanol–water partition coefficient (Wildman–Crippen LogP) is 3.33. The van der Waals surface area contributed by atoms with E-state index in [1.165, 1.54) is 6.07 Å². The van der Waals surface area contributed by atoms with Crippen LogP contribution < -0.4 is 14.8 Å². The molecule has 1 rings (SSSR count). The average Bonchev–Trinajstić information content (AvgIpc) is 2.49. The number of alkyl halides is 2. The first-order valence-electron chi connectivity index (χ1n) is 7.57. The molecule has 0 fully saturated rings. The first-order valence-corrected chi connectivity index (χ1v) is 7.57. The van der Waals surface area contributed by atoms with Crippen LogP contribution in [0.2, 0.25) is 0 Å². The molecule has 0 aromatic heterocycles. The van der Waals surface area contributed by atoms with Crippen LogP contribution in [0.25, 0.3) is 0 Å². The summed E-state index contributed by atoms with van der Waals surface area (Å²) in [7, 11) is 0. The van der Waals surface area contributed by atoms with Gasteiger partial charge in [-0.25, -0.2) is 0 Å². The zero-order chi connectivity index (χ0) is 16.6. The Morgan fingerprint density at radius 2 is 1.86 bits per heavy atom. The second-order valence-electron chi connectivity index (χ2n) is 5.13. The minimum atomic E-state index is -2.88. The summed E-state index contributed by atoms with van der Waals surface area (Å²) in [4.78, 5) is 0. The summed E-state index contributed by atoms with van der Waals surface area (Å²) in [5.74, 6) is 0.322. The highest BCUT2D eigenvalue weighted by atomic mass is 19.3. The van der Waals surface area contributed by atoms with E-state index in [1.54, 1.807) is 19.1 Å². The van der Waals surface area contributed by atoms with Crippen LogP contribution in [-0.4, -0.2) is 30.5 Å². The molecule has 0 saturated carbocycles. The van der Waals surface area contributed by atoms with Crippen molar-refractivity contribution in [1.82, 2.24) is 5.32 Å². The average molecular weight is 317 g/mol. The van der Waals surface area contributed by atoms with Crippen LogP contribution in [0.1, 0.15) is 39.2 Å². The molecule has 126 valence electrons. The Hall–Kier alpha value is -1.40. The first-order chi connectivity index (χ1) is 10.4. The van der Waals surface area contributed by atoms with Gasteiger partial charge in [-0.3, -0.25) is 0 Å². The lowest BCUT2D eigenvalue weighted by molar-refractivity contribution is -0.0514. The van der Waals surface area contributed by atoms with Gasteiger partial charge in [0.1, 0.15) is 0 Å². The van der Waals surface area contributed by atoms with E-state index in [4.69, 9.17) is 4.74 Å². The normalized spacial score (nSPS) is 11.8. The Kier molecular flexibility index (Phi) is 7.55. The molecule has 6 heteroatoms. The van der Waals surface area contributed by atoms with E-state index < -0.39 is 12.2 Å². The maximum Gasteiger partial charge on any atom is 0.387 e. The topological polar surface area (TPSA) is 50.7 Å². The van der Waals surface area contributed by atoms with Crippen molar-refractivity contribution >= 4 is 0 Å². The molecule has 0 aliphatic carbocycles. The molecule has 1 aromatic carbocycles. The third-order valence-corrected chi connectivity index (χ3v) is 3.62. The predicted molar refractivity (Wildman–Crippen MR) is 81.5 cm³/mol. The first kappa shape index (κ1) is 18.6. The Labute approximate surface area is 130 Å². The Bertz CT molecular complexity index is 451. The van der Waals surface area contributed by atoms with Crippen LogP contribution >= 0.6 is 0 Å². The summed E-state index contributed by atoms with van der Waals surface area (Å²) in [6, 6.07) is 4.84. The summed E-state index contributed by atoms with van der Waals surface area (Å²) < 4.78 is 34.4. The van der Waals surface area contributed by atoms with Crippen molar-refractivity contribution < 1.29 is 23.4 Å². The van der Waals surface area contributed by atoms with Crippen molar-refractivity contribution in [2.45, 2.75) is 52.4 Å². The van der Waals surface area contributed by atoms with Gasteiger partial charge in [0, 0.05) is 13.1 Å². The molecule has 1 aromatic rings. The van der Waals surface area contributed by atoms with Gasteiger partial charge >= 0.3 is 6.61 Å². The lowest BCUT2D eigenvalue weighted by Crippen LogP contribution is -2.39. The summed E-state index contributed by atoms with van der Waals surface area (Å²) in [5, 5.41) is 13.4. The zero-order valence-corrected chi connectivity index (χ0v) is 13.4. The van der Waals surface area contributed by atoms with Crippen molar-refractivity contribution in [2.75, 3.05) is 13.2 Å². The Balaban J connectivity index is 2.69. The molecule has 0 amide bonds. The molecule has 0 aliphatic heterocycles. The van der Waals surface area contributed by atoms with Crippen LogP contribution in [0.15, 0.2) is 18.2 Å². The quantitative estimate of drug-likeness (QED) is 0.695. The molecule has 0 spiro atoms. The third kappa shape index (κ3) is 5.77. The van der Waals surface area contributed by atoms with Gasteiger partial charge in [-0.15, -0.1) is 0 Å². The highest BCUT2D eigenvalue weighted by Gasteiger charge is 2.21. The number of hydrogen-bond acceptors (Lipinski definition) is 4. The number of ether oxygens (including phenoxy) is 2. The van der Waals surface area contributed by atoms with Crippen molar-refractivity contribution in [3.8, 4) is 11.5 Å². The molecule has 0 atom stereocenters. The SMILES string of the molecule is CCOc1cc(CNCC(O)(CC)CC)ccc1OC(F)F. The maximum atomic E-state index is 12.3. The minimum Gasteiger partial charge on any atom is -0.490 e. The summed E-state index contributed by atoms with van der Waals surface area (Å²) in [5.41, 5.74) is 0.154. The summed E-state index contributed by atoms with van der Waals surface area (Å²) in [6.07, 6.45) is 1.34. The molecule has 0 radical (unpaired) electrons. The molecule has 4 nitrogen and oxygen atoms in total. The highest BCUT2D eigenvalue weighted by Crippen LogP contribution is 2.30. The molecular formula is C16H25F2NO3. The Morgan fingerprint density at radius 1 is 1.18 bits per heavy atom. The summed E-state index contributed by atoms with van der Waals surface area (Å²) in [6.45, 7) is 4.12. The molecule has 2 N–H and O–H groups in total. The van der Waals surface area contributed by atoms with Crippen molar-refractivity contribution in [3.05, 3.63) is 23.8 Å². The van der Waals surface area contributed by atoms with Gasteiger partial charge in [-0.2, -0.15) is 8.78 Å². The monoisotopic (exact) mass is 317 g/mol. The van der Waals surface area contributed by atoms with E-state index in [0.29, 0.717) is 38.3 Å². The van der Waals surface area contributed by atoms with E-state index in [0.717, 1.165) is 5.56 Å². The van der Waals surface area contributed by atoms with Gasteiger partial charge in [0.05, 0.1) is 12.2 Å². The second-order valence-corrected chi connectivity index (χ2v) is 5.13. The van der Waals surface area contributed by atoms with Crippen LogP contribution in [0.3, 0.4) is 0 Å². The smallest absolute Gasteiger partial charge is 0.387 e. The van der Waals surface area contributed by atoms with E-state index in [1.807, 2.05) is 13.8 Å². The lowest BCUT2D eigenvalue weighted by atomic mass is 9.97. The van der Waals surface area contributed by atoms with Gasteiger partial charge in [-0.1, -0.05) is 19.9 Å². The van der Waals surface area contributed by atoms with Gasteiger partial charge in [0.15, 0.2) is 11.5 Å². The molecule has 0 saturated heterocycles. The van der Waals surface area contributed by atoms with E-state index in [2.05, 4.69) is 10.1 Å². The van der Waals surface area contributed by atoms with Crippen molar-refractivity contribution in [1.29, 1.82) is 0 Å². The minimum absolute atomic E-state index is 0.0271. The number of hydrogen-bond donors (Lipinski definition) is 2. The molecular weight excluding hydrogens is 292 g/mol. The third-order valence-electron chi connectivity index (χ3n) is 3.62. The second kappa shape index (κ2) is 8.90. The number of rotatable bonds is 10. The fourth-order valence-corrected chi connectivity index (χ4v) is 2.06. The molecule has 22 heavy (non-hydrogen) atoms. The van der Waals surface area contributed by atoms with E-state index in [-0.39, 0.29) is 5.75 Å². The fraction of sp³-hybridized carbons (Fsp3) is 0.625. The number of nitrogens with one attached hydrogen (secondary N) is 1. The van der Waals surface area contributed by atoms with Crippen molar-refractivity contribution in [3.63, 3.8) is 0 Å². The lowest BCUT2D eigenvalue weighted by Gasteiger charge is -2.25. The van der Waals surface area contributed by atoms with E-state index >= 15 is 0 Å². The molecule has 0 bridgehead atoms. The van der Waals surface area contributed by atoms with E-state index in [9.17, 15) is 13.9 Å². The molecule has 0 heterocycles. The van der Waals surface area contributed by atoms with Crippen LogP contribution in [0.4, 0.5) is 8.78 Å². The highest BCUT2D eigenvalue weighted by molar-refractivity contribution is 5.43. The van der Waals surface area contributed by atoms with Crippen LogP contribution in [0, 0.1) is 0 Å². The van der Waals surface area contributed by atoms with Gasteiger partial charge in [-0.05, 0) is 37.5 Å².